The number of nitrogens with one attached hydrogen (secondary N) is 1. The smallest absolute Gasteiger partial charge is 0.261 e. The molecule has 0 radical (unpaired) electrons. The third kappa shape index (κ3) is 3.49. The number of aryl methyl sites for hydroxylation is 1. The molecule has 3 aromatic rings. The summed E-state index contributed by atoms with van der Waals surface area (Å²) in [4.78, 5) is 15.1. The SMILES string of the molecule is Cc1nn(Cc2ccc(Cl)cc2)c2sc(C(=O)N[C@H](C)C34CC5CC(CC(C5)C3)C4)cc12. The summed E-state index contributed by atoms with van der Waals surface area (Å²) in [6, 6.07) is 10.1. The van der Waals surface area contributed by atoms with Crippen LogP contribution in [0, 0.1) is 30.1 Å². The Labute approximate surface area is 198 Å². The fourth-order valence-electron chi connectivity index (χ4n) is 7.22. The van der Waals surface area contributed by atoms with E-state index in [9.17, 15) is 4.79 Å². The van der Waals surface area contributed by atoms with Crippen LogP contribution in [-0.2, 0) is 6.54 Å². The van der Waals surface area contributed by atoms with Gasteiger partial charge in [0.25, 0.3) is 5.91 Å². The van der Waals surface area contributed by atoms with Crippen LogP contribution in [0.3, 0.4) is 0 Å². The van der Waals surface area contributed by atoms with Crippen molar-refractivity contribution in [3.8, 4) is 0 Å². The fourth-order valence-corrected chi connectivity index (χ4v) is 8.41. The van der Waals surface area contributed by atoms with Gasteiger partial charge in [0.2, 0.25) is 0 Å². The molecule has 168 valence electrons. The summed E-state index contributed by atoms with van der Waals surface area (Å²) in [7, 11) is 0. The van der Waals surface area contributed by atoms with E-state index in [0.717, 1.165) is 49.1 Å². The molecule has 1 N–H and O–H groups in total. The quantitative estimate of drug-likeness (QED) is 0.469. The largest absolute Gasteiger partial charge is 0.348 e. The lowest BCUT2D eigenvalue weighted by Crippen LogP contribution is -2.55. The molecule has 4 saturated carbocycles. The maximum Gasteiger partial charge on any atom is 0.261 e. The van der Waals surface area contributed by atoms with Gasteiger partial charge in [-0.3, -0.25) is 9.48 Å². The van der Waals surface area contributed by atoms with E-state index in [2.05, 4.69) is 12.2 Å². The van der Waals surface area contributed by atoms with E-state index in [1.54, 1.807) is 11.3 Å². The van der Waals surface area contributed by atoms with Crippen molar-refractivity contribution in [1.29, 1.82) is 0 Å². The molecule has 0 unspecified atom stereocenters. The average molecular weight is 468 g/mol. The summed E-state index contributed by atoms with van der Waals surface area (Å²) in [6.07, 6.45) is 8.21. The van der Waals surface area contributed by atoms with E-state index in [1.165, 1.54) is 38.5 Å². The fraction of sp³-hybridized carbons (Fsp3) is 0.538. The van der Waals surface area contributed by atoms with Gasteiger partial charge in [-0.25, -0.2) is 0 Å². The first-order valence-corrected chi connectivity index (χ1v) is 13.1. The van der Waals surface area contributed by atoms with Crippen LogP contribution in [-0.4, -0.2) is 21.7 Å². The number of hydrogen-bond acceptors (Lipinski definition) is 3. The Morgan fingerprint density at radius 3 is 2.44 bits per heavy atom. The second kappa shape index (κ2) is 7.59. The van der Waals surface area contributed by atoms with Crippen LogP contribution in [0.1, 0.15) is 66.4 Å². The maximum atomic E-state index is 13.3. The molecule has 2 aromatic heterocycles. The topological polar surface area (TPSA) is 46.9 Å². The molecule has 4 aliphatic rings. The van der Waals surface area contributed by atoms with Gasteiger partial charge in [0.05, 0.1) is 17.1 Å². The highest BCUT2D eigenvalue weighted by Crippen LogP contribution is 2.61. The zero-order valence-electron chi connectivity index (χ0n) is 18.7. The Morgan fingerprint density at radius 2 is 1.81 bits per heavy atom. The molecule has 7 rings (SSSR count). The highest BCUT2D eigenvalue weighted by molar-refractivity contribution is 7.20. The minimum Gasteiger partial charge on any atom is -0.348 e. The number of amides is 1. The Hall–Kier alpha value is -1.85. The molecule has 1 atom stereocenters. The molecule has 0 saturated heterocycles. The van der Waals surface area contributed by atoms with Crippen LogP contribution in [0.25, 0.3) is 10.2 Å². The van der Waals surface area contributed by atoms with Crippen molar-refractivity contribution < 1.29 is 4.79 Å². The first-order valence-electron chi connectivity index (χ1n) is 11.9. The molecule has 4 fully saturated rings. The molecule has 4 bridgehead atoms. The first kappa shape index (κ1) is 20.7. The van der Waals surface area contributed by atoms with Crippen LogP contribution in [0.15, 0.2) is 30.3 Å². The van der Waals surface area contributed by atoms with E-state index >= 15 is 0 Å². The number of fused-ring (bicyclic) bond motifs is 1. The molecule has 32 heavy (non-hydrogen) atoms. The van der Waals surface area contributed by atoms with Gasteiger partial charge in [-0.1, -0.05) is 23.7 Å². The van der Waals surface area contributed by atoms with Gasteiger partial charge < -0.3 is 5.32 Å². The van der Waals surface area contributed by atoms with Crippen molar-refractivity contribution >= 4 is 39.1 Å². The number of nitrogens with zero attached hydrogens (tertiary/aromatic N) is 2. The van der Waals surface area contributed by atoms with E-state index in [-0.39, 0.29) is 11.9 Å². The summed E-state index contributed by atoms with van der Waals surface area (Å²) in [6.45, 7) is 4.95. The number of carbonyl (C=O) groups is 1. The summed E-state index contributed by atoms with van der Waals surface area (Å²) >= 11 is 7.58. The Balaban J connectivity index is 1.22. The van der Waals surface area contributed by atoms with Crippen LogP contribution < -0.4 is 5.32 Å². The first-order chi connectivity index (χ1) is 15.4. The van der Waals surface area contributed by atoms with Gasteiger partial charge in [-0.2, -0.15) is 5.10 Å². The van der Waals surface area contributed by atoms with Gasteiger partial charge in [0, 0.05) is 16.5 Å². The highest BCUT2D eigenvalue weighted by Gasteiger charge is 2.53. The third-order valence-corrected chi connectivity index (χ3v) is 9.83. The van der Waals surface area contributed by atoms with Crippen molar-refractivity contribution in [2.45, 2.75) is 65.0 Å². The van der Waals surface area contributed by atoms with E-state index in [0.29, 0.717) is 12.0 Å². The number of aromatic nitrogens is 2. The number of hydrogen-bond donors (Lipinski definition) is 1. The summed E-state index contributed by atoms with van der Waals surface area (Å²) < 4.78 is 2.01. The van der Waals surface area contributed by atoms with Gasteiger partial charge in [0.15, 0.2) is 0 Å². The molecule has 1 amide bonds. The van der Waals surface area contributed by atoms with Gasteiger partial charge >= 0.3 is 0 Å². The molecule has 4 nitrogen and oxygen atoms in total. The molecular weight excluding hydrogens is 438 g/mol. The van der Waals surface area contributed by atoms with Crippen molar-refractivity contribution in [1.82, 2.24) is 15.1 Å². The summed E-state index contributed by atoms with van der Waals surface area (Å²) in [5.74, 6) is 2.76. The third-order valence-electron chi connectivity index (χ3n) is 8.43. The molecule has 1 aromatic carbocycles. The van der Waals surface area contributed by atoms with Crippen LogP contribution >= 0.6 is 22.9 Å². The standard InChI is InChI=1S/C26H30ClN3OS/c1-15-22-10-23(32-25(22)30(29-15)14-17-3-5-21(27)6-4-17)24(31)28-16(2)26-11-18-7-19(12-26)9-20(8-18)13-26/h3-6,10,16,18-20H,7-9,11-14H2,1-2H3,(H,28,31)/t16-,18?,19?,20?,26?/m1/s1. The van der Waals surface area contributed by atoms with Crippen molar-refractivity contribution in [2.75, 3.05) is 0 Å². The van der Waals surface area contributed by atoms with Crippen molar-refractivity contribution in [3.05, 3.63) is 51.5 Å². The predicted octanol–water partition coefficient (Wildman–Crippen LogP) is 6.44. The van der Waals surface area contributed by atoms with Crippen LogP contribution in [0.5, 0.6) is 0 Å². The van der Waals surface area contributed by atoms with E-state index in [1.807, 2.05) is 41.9 Å². The maximum absolute atomic E-state index is 13.3. The Kier molecular flexibility index (Phi) is 4.92. The Morgan fingerprint density at radius 1 is 1.19 bits per heavy atom. The lowest BCUT2D eigenvalue weighted by molar-refractivity contribution is -0.0687. The normalized spacial score (nSPS) is 29.5. The van der Waals surface area contributed by atoms with Gasteiger partial charge in [-0.15, -0.1) is 11.3 Å². The van der Waals surface area contributed by atoms with Crippen molar-refractivity contribution in [3.63, 3.8) is 0 Å². The number of halogens is 1. The minimum atomic E-state index is 0.0758. The Bertz CT molecular complexity index is 1140. The second-order valence-corrected chi connectivity index (χ2v) is 12.1. The number of thiophene rings is 1. The van der Waals surface area contributed by atoms with E-state index in [4.69, 9.17) is 16.7 Å². The molecule has 6 heteroatoms. The molecule has 0 aliphatic heterocycles. The molecule has 2 heterocycles. The van der Waals surface area contributed by atoms with E-state index < -0.39 is 0 Å². The van der Waals surface area contributed by atoms with Crippen LogP contribution in [0.4, 0.5) is 0 Å². The molecule has 4 aliphatic carbocycles. The predicted molar refractivity (Wildman–Crippen MR) is 130 cm³/mol. The zero-order chi connectivity index (χ0) is 22.0. The number of benzene rings is 1. The lowest BCUT2D eigenvalue weighted by atomic mass is 9.48. The van der Waals surface area contributed by atoms with Crippen LogP contribution in [0.2, 0.25) is 5.02 Å². The second-order valence-electron chi connectivity index (χ2n) is 10.7. The van der Waals surface area contributed by atoms with Gasteiger partial charge in [0.1, 0.15) is 4.83 Å². The molecule has 0 spiro atoms. The monoisotopic (exact) mass is 467 g/mol. The molecular formula is C26H30ClN3OS. The van der Waals surface area contributed by atoms with Gasteiger partial charge in [-0.05, 0) is 99.3 Å². The minimum absolute atomic E-state index is 0.0758. The average Bonchev–Trinajstić information content (AvgIpc) is 3.30. The highest BCUT2D eigenvalue weighted by atomic mass is 35.5. The number of rotatable bonds is 5. The summed E-state index contributed by atoms with van der Waals surface area (Å²) in [5.41, 5.74) is 2.44. The number of carbonyl (C=O) groups excluding carboxylic acids is 1. The zero-order valence-corrected chi connectivity index (χ0v) is 20.3. The summed E-state index contributed by atoms with van der Waals surface area (Å²) in [5, 5.41) is 9.96. The van der Waals surface area contributed by atoms with Crippen molar-refractivity contribution in [2.24, 2.45) is 23.2 Å². The lowest BCUT2D eigenvalue weighted by Gasteiger charge is -2.59.